The Kier molecular flexibility index (Phi) is 63.3. The van der Waals surface area contributed by atoms with Crippen molar-refractivity contribution in [1.82, 2.24) is 5.32 Å². The summed E-state index contributed by atoms with van der Waals surface area (Å²) < 4.78 is 16.7. The maximum atomic E-state index is 13.0. The molecule has 11 heteroatoms. The van der Waals surface area contributed by atoms with E-state index in [2.05, 4.69) is 67.8 Å². The van der Waals surface area contributed by atoms with E-state index in [0.29, 0.717) is 19.4 Å². The Bertz CT molecular complexity index is 1660. The first-order chi connectivity index (χ1) is 43.7. The van der Waals surface area contributed by atoms with Gasteiger partial charge < -0.3 is 45.1 Å². The van der Waals surface area contributed by atoms with Crippen molar-refractivity contribution in [2.45, 2.75) is 403 Å². The van der Waals surface area contributed by atoms with Gasteiger partial charge in [0.05, 0.1) is 32.0 Å². The second-order valence-electron chi connectivity index (χ2n) is 26.3. The van der Waals surface area contributed by atoms with Gasteiger partial charge in [-0.05, 0) is 96.3 Å². The van der Waals surface area contributed by atoms with Crippen molar-refractivity contribution in [3.8, 4) is 0 Å². The Labute approximate surface area is 548 Å². The van der Waals surface area contributed by atoms with Gasteiger partial charge in [-0.3, -0.25) is 9.59 Å². The highest BCUT2D eigenvalue weighted by Gasteiger charge is 2.44. The van der Waals surface area contributed by atoms with Crippen molar-refractivity contribution in [2.24, 2.45) is 0 Å². The number of carbonyl (C=O) groups is 2. The molecule has 1 aliphatic heterocycles. The number of allylic oxidation sites excluding steroid dienone is 9. The van der Waals surface area contributed by atoms with Crippen LogP contribution in [-0.4, -0.2) is 100 Å². The van der Waals surface area contributed by atoms with Crippen LogP contribution in [0.15, 0.2) is 60.8 Å². The molecular weight excluding hydrogens is 1110 g/mol. The van der Waals surface area contributed by atoms with E-state index >= 15 is 0 Å². The van der Waals surface area contributed by atoms with Gasteiger partial charge in [0.1, 0.15) is 24.4 Å². The van der Waals surface area contributed by atoms with Gasteiger partial charge in [-0.2, -0.15) is 0 Å². The Hall–Kier alpha value is -2.64. The van der Waals surface area contributed by atoms with Crippen molar-refractivity contribution in [1.29, 1.82) is 0 Å². The number of hydrogen-bond acceptors (Lipinski definition) is 10. The molecule has 520 valence electrons. The highest BCUT2D eigenvalue weighted by atomic mass is 16.7. The fourth-order valence-electron chi connectivity index (χ4n) is 11.9. The minimum Gasteiger partial charge on any atom is -0.466 e. The Morgan fingerprint density at radius 2 is 0.753 bits per heavy atom. The van der Waals surface area contributed by atoms with E-state index in [9.17, 15) is 35.1 Å². The molecule has 1 amide bonds. The molecule has 7 atom stereocenters. The zero-order chi connectivity index (χ0) is 64.4. The third-order valence-electron chi connectivity index (χ3n) is 17.8. The molecule has 7 unspecified atom stereocenters. The number of unbranched alkanes of at least 4 members (excludes halogenated alkanes) is 45. The van der Waals surface area contributed by atoms with E-state index in [-0.39, 0.29) is 18.5 Å². The van der Waals surface area contributed by atoms with Crippen LogP contribution in [0.4, 0.5) is 0 Å². The summed E-state index contributed by atoms with van der Waals surface area (Å²) in [5, 5.41) is 54.3. The summed E-state index contributed by atoms with van der Waals surface area (Å²) in [6, 6.07) is -0.807. The van der Waals surface area contributed by atoms with Crippen molar-refractivity contribution in [3.05, 3.63) is 60.8 Å². The number of nitrogens with one attached hydrogen (secondary N) is 1. The molecule has 0 aromatic rings. The molecule has 89 heavy (non-hydrogen) atoms. The van der Waals surface area contributed by atoms with E-state index in [0.717, 1.165) is 70.6 Å². The second kappa shape index (κ2) is 66.8. The van der Waals surface area contributed by atoms with Gasteiger partial charge in [0.25, 0.3) is 0 Å². The van der Waals surface area contributed by atoms with Crippen LogP contribution in [0.2, 0.25) is 0 Å². The number of ether oxygens (including phenoxy) is 3. The SMILES string of the molecule is CCCCC/C=C\C/C=C\CCCCCCCCCC(=O)OCCCCCCCCCCCCC/C=C\C/C=C\CCCCCCCCCCCCCCCCCCCC(=O)NC(COC1OC(CO)C(O)C(O)C1O)C(O)/C=C/CCCCCCCCC. The van der Waals surface area contributed by atoms with Crippen LogP contribution in [0, 0.1) is 0 Å². The third kappa shape index (κ3) is 55.5. The quantitative estimate of drug-likeness (QED) is 0.0195. The summed E-state index contributed by atoms with van der Waals surface area (Å²) in [5.41, 5.74) is 0. The molecule has 11 nitrogen and oxygen atoms in total. The number of esters is 1. The smallest absolute Gasteiger partial charge is 0.305 e. The van der Waals surface area contributed by atoms with Gasteiger partial charge in [-0.1, -0.05) is 312 Å². The average molecular weight is 1250 g/mol. The molecule has 0 aromatic heterocycles. The minimum absolute atomic E-state index is 0.00224. The van der Waals surface area contributed by atoms with Crippen LogP contribution in [0.3, 0.4) is 0 Å². The average Bonchev–Trinajstić information content (AvgIpc) is 1.92. The van der Waals surface area contributed by atoms with Gasteiger partial charge in [-0.15, -0.1) is 0 Å². The number of amides is 1. The molecule has 1 heterocycles. The molecule has 0 saturated carbocycles. The van der Waals surface area contributed by atoms with Gasteiger partial charge in [0, 0.05) is 12.8 Å². The van der Waals surface area contributed by atoms with Gasteiger partial charge >= 0.3 is 5.97 Å². The predicted molar refractivity (Wildman–Crippen MR) is 375 cm³/mol. The molecule has 1 aliphatic rings. The van der Waals surface area contributed by atoms with Gasteiger partial charge in [-0.25, -0.2) is 0 Å². The zero-order valence-corrected chi connectivity index (χ0v) is 57.9. The predicted octanol–water partition coefficient (Wildman–Crippen LogP) is 20.1. The molecule has 0 radical (unpaired) electrons. The molecular formula is C78H143NO10. The molecule has 1 saturated heterocycles. The monoisotopic (exact) mass is 1250 g/mol. The normalized spacial score (nSPS) is 18.0. The van der Waals surface area contributed by atoms with Crippen molar-refractivity contribution in [2.75, 3.05) is 19.8 Å². The Morgan fingerprint density at radius 1 is 0.416 bits per heavy atom. The lowest BCUT2D eigenvalue weighted by Gasteiger charge is -2.40. The van der Waals surface area contributed by atoms with E-state index in [1.807, 2.05) is 6.08 Å². The minimum atomic E-state index is -1.57. The number of aliphatic hydroxyl groups is 5. The number of carbonyl (C=O) groups excluding carboxylic acids is 2. The largest absolute Gasteiger partial charge is 0.466 e. The maximum Gasteiger partial charge on any atom is 0.305 e. The zero-order valence-electron chi connectivity index (χ0n) is 57.9. The summed E-state index contributed by atoms with van der Waals surface area (Å²) in [6.45, 7) is 4.32. The fraction of sp³-hybridized carbons (Fsp3) is 0.846. The lowest BCUT2D eigenvalue weighted by atomic mass is 9.99. The summed E-state index contributed by atoms with van der Waals surface area (Å²) in [4.78, 5) is 25.1. The van der Waals surface area contributed by atoms with E-state index in [1.165, 1.54) is 263 Å². The summed E-state index contributed by atoms with van der Waals surface area (Å²) >= 11 is 0. The molecule has 0 aliphatic carbocycles. The topological polar surface area (TPSA) is 175 Å². The van der Waals surface area contributed by atoms with Crippen LogP contribution < -0.4 is 5.32 Å². The molecule has 0 spiro atoms. The molecule has 6 N–H and O–H groups in total. The lowest BCUT2D eigenvalue weighted by molar-refractivity contribution is -0.302. The van der Waals surface area contributed by atoms with Crippen molar-refractivity contribution in [3.63, 3.8) is 0 Å². The molecule has 0 aromatic carbocycles. The van der Waals surface area contributed by atoms with Crippen molar-refractivity contribution < 1.29 is 49.3 Å². The molecule has 1 fully saturated rings. The Balaban J connectivity index is 1.88. The second-order valence-corrected chi connectivity index (χ2v) is 26.3. The first-order valence-corrected chi connectivity index (χ1v) is 38.1. The third-order valence-corrected chi connectivity index (χ3v) is 17.8. The molecule has 0 bridgehead atoms. The lowest BCUT2D eigenvalue weighted by Crippen LogP contribution is -2.60. The number of aliphatic hydroxyl groups excluding tert-OH is 5. The Morgan fingerprint density at radius 3 is 1.16 bits per heavy atom. The first kappa shape index (κ1) is 84.4. The standard InChI is InChI=1S/C78H143NO10/c1-3-5-7-9-11-13-14-15-16-36-40-43-46-50-54-58-62-66-74(83)87-67-63-59-55-51-47-44-41-38-35-33-31-29-27-25-23-21-19-17-18-20-22-24-26-28-30-32-34-37-39-42-45-49-53-57-61-65-73(82)79-70(71(81)64-60-56-52-48-12-10-8-6-4-2)69-88-78-77(86)76(85)75(84)72(68-80)89-78/h11,13,15-16,19,21,25,27,60,64,70-72,75-78,80-81,84-86H,3-10,12,14,17-18,20,22-24,26,28-59,61-63,65-69H2,1-2H3,(H,79,82)/b13-11-,16-15-,21-19-,27-25-,64-60+. The summed E-state index contributed by atoms with van der Waals surface area (Å²) in [5.74, 6) is -0.178. The van der Waals surface area contributed by atoms with Crippen LogP contribution in [0.1, 0.15) is 361 Å². The first-order valence-electron chi connectivity index (χ1n) is 38.1. The highest BCUT2D eigenvalue weighted by Crippen LogP contribution is 2.23. The number of hydrogen-bond donors (Lipinski definition) is 6. The van der Waals surface area contributed by atoms with E-state index in [1.54, 1.807) is 6.08 Å². The number of rotatable bonds is 67. The van der Waals surface area contributed by atoms with Crippen LogP contribution in [0.5, 0.6) is 0 Å². The summed E-state index contributed by atoms with van der Waals surface area (Å²) in [7, 11) is 0. The van der Waals surface area contributed by atoms with Gasteiger partial charge in [0.15, 0.2) is 6.29 Å². The van der Waals surface area contributed by atoms with Crippen LogP contribution in [-0.2, 0) is 23.8 Å². The van der Waals surface area contributed by atoms with E-state index in [4.69, 9.17) is 14.2 Å². The van der Waals surface area contributed by atoms with Crippen LogP contribution in [0.25, 0.3) is 0 Å². The van der Waals surface area contributed by atoms with E-state index < -0.39 is 49.5 Å². The van der Waals surface area contributed by atoms with Gasteiger partial charge in [0.2, 0.25) is 5.91 Å². The summed E-state index contributed by atoms with van der Waals surface area (Å²) in [6.07, 6.45) is 79.7. The van der Waals surface area contributed by atoms with Crippen molar-refractivity contribution >= 4 is 11.9 Å². The maximum absolute atomic E-state index is 13.0. The fourth-order valence-corrected chi connectivity index (χ4v) is 11.9. The molecule has 1 rings (SSSR count). The van der Waals surface area contributed by atoms with Crippen LogP contribution >= 0.6 is 0 Å². The highest BCUT2D eigenvalue weighted by molar-refractivity contribution is 5.76.